The Morgan fingerprint density at radius 2 is 0.891 bits per heavy atom. The van der Waals surface area contributed by atoms with Gasteiger partial charge in [-0.1, -0.05) is 19.8 Å². The highest BCUT2D eigenvalue weighted by Gasteiger charge is 2.23. The summed E-state index contributed by atoms with van der Waals surface area (Å²) in [5.41, 5.74) is 0. The van der Waals surface area contributed by atoms with E-state index in [0.29, 0.717) is 119 Å². The number of unbranched alkanes of at least 4 members (excludes halogenated alkanes) is 2. The third kappa shape index (κ3) is 25.7. The Morgan fingerprint density at radius 1 is 0.522 bits per heavy atom. The second-order valence-electron chi connectivity index (χ2n) is 9.97. The number of nitrogens with one attached hydrogen (secondary N) is 2. The molecule has 15 nitrogen and oxygen atoms in total. The molecule has 4 amide bonds. The fourth-order valence-corrected chi connectivity index (χ4v) is 3.71. The molecule has 46 heavy (non-hydrogen) atoms. The Kier molecular flexibility index (Phi) is 28.1. The zero-order valence-electron chi connectivity index (χ0n) is 27.5. The molecule has 1 aliphatic rings. The van der Waals surface area contributed by atoms with Crippen LogP contribution in [0.5, 0.6) is 0 Å². The van der Waals surface area contributed by atoms with Gasteiger partial charge in [-0.3, -0.25) is 24.1 Å². The van der Waals surface area contributed by atoms with Crippen LogP contribution in [-0.2, 0) is 57.1 Å². The molecule has 1 heterocycles. The molecule has 0 saturated carbocycles. The lowest BCUT2D eigenvalue weighted by Gasteiger charge is -2.13. The van der Waals surface area contributed by atoms with Crippen LogP contribution in [0.4, 0.5) is 0 Å². The van der Waals surface area contributed by atoms with E-state index in [1.54, 1.807) is 0 Å². The number of hydrogen-bond acceptors (Lipinski definition) is 12. The molecule has 0 aromatic rings. The minimum absolute atomic E-state index is 0.0248. The zero-order valence-corrected chi connectivity index (χ0v) is 27.5. The van der Waals surface area contributed by atoms with Crippen LogP contribution in [0.3, 0.4) is 0 Å². The summed E-state index contributed by atoms with van der Waals surface area (Å²) in [5, 5.41) is 5.56. The van der Waals surface area contributed by atoms with Crippen LogP contribution in [-0.4, -0.2) is 154 Å². The van der Waals surface area contributed by atoms with Crippen molar-refractivity contribution in [3.8, 4) is 0 Å². The first-order chi connectivity index (χ1) is 22.5. The van der Waals surface area contributed by atoms with Gasteiger partial charge in [0.15, 0.2) is 0 Å². The van der Waals surface area contributed by atoms with Gasteiger partial charge in [-0.05, 0) is 6.42 Å². The maximum absolute atomic E-state index is 11.8. The summed E-state index contributed by atoms with van der Waals surface area (Å²) in [7, 11) is 0. The van der Waals surface area contributed by atoms with Crippen molar-refractivity contribution in [3.63, 3.8) is 0 Å². The molecule has 15 heteroatoms. The number of hydrogen-bond donors (Lipinski definition) is 2. The van der Waals surface area contributed by atoms with Crippen molar-refractivity contribution in [2.24, 2.45) is 0 Å². The van der Waals surface area contributed by atoms with Crippen molar-refractivity contribution in [1.29, 1.82) is 0 Å². The summed E-state index contributed by atoms with van der Waals surface area (Å²) < 4.78 is 43.4. The molecule has 2 N–H and O–H groups in total. The van der Waals surface area contributed by atoms with Gasteiger partial charge in [0.1, 0.15) is 0 Å². The summed E-state index contributed by atoms with van der Waals surface area (Å²) in [6.45, 7) is 10.3. The van der Waals surface area contributed by atoms with Gasteiger partial charge in [0.05, 0.1) is 106 Å². The summed E-state index contributed by atoms with van der Waals surface area (Å²) in [6.07, 6.45) is 6.09. The van der Waals surface area contributed by atoms with Crippen LogP contribution in [0.1, 0.15) is 39.0 Å². The molecule has 0 aromatic carbocycles. The van der Waals surface area contributed by atoms with E-state index in [1.807, 2.05) is 0 Å². The first kappa shape index (κ1) is 41.5. The number of imide groups is 1. The second kappa shape index (κ2) is 31.1. The van der Waals surface area contributed by atoms with Gasteiger partial charge in [-0.15, -0.1) is 0 Å². The molecule has 0 atom stereocenters. The van der Waals surface area contributed by atoms with Crippen molar-refractivity contribution >= 4 is 23.6 Å². The van der Waals surface area contributed by atoms with Crippen molar-refractivity contribution in [2.45, 2.75) is 39.0 Å². The SMILES string of the molecule is CCCCCNC(=O)CCOCCOCCOCCOCCOCCOCCOCCOCCNC(=O)CCN1C(=O)C=CC1=O. The van der Waals surface area contributed by atoms with Crippen LogP contribution < -0.4 is 10.6 Å². The molecule has 0 unspecified atom stereocenters. The predicted octanol–water partition coefficient (Wildman–Crippen LogP) is 0.247. The van der Waals surface area contributed by atoms with E-state index in [9.17, 15) is 19.2 Å². The molecule has 0 saturated heterocycles. The van der Waals surface area contributed by atoms with E-state index in [0.717, 1.165) is 30.7 Å². The molecular weight excluding hydrogens is 606 g/mol. The molecule has 1 rings (SSSR count). The Bertz CT molecular complexity index is 813. The Balaban J connectivity index is 1.68. The molecule has 0 aromatic heterocycles. The van der Waals surface area contributed by atoms with Gasteiger partial charge in [0, 0.05) is 44.6 Å². The van der Waals surface area contributed by atoms with Crippen molar-refractivity contribution in [1.82, 2.24) is 15.5 Å². The fourth-order valence-electron chi connectivity index (χ4n) is 3.71. The normalized spacial score (nSPS) is 12.8. The third-order valence-electron chi connectivity index (χ3n) is 6.21. The summed E-state index contributed by atoms with van der Waals surface area (Å²) in [6, 6.07) is 0. The second-order valence-corrected chi connectivity index (χ2v) is 9.97. The molecule has 1 aliphatic heterocycles. The van der Waals surface area contributed by atoms with E-state index >= 15 is 0 Å². The van der Waals surface area contributed by atoms with E-state index in [4.69, 9.17) is 37.9 Å². The number of ether oxygens (including phenoxy) is 8. The van der Waals surface area contributed by atoms with Gasteiger partial charge < -0.3 is 48.5 Å². The largest absolute Gasteiger partial charge is 0.379 e. The van der Waals surface area contributed by atoms with Gasteiger partial charge in [0.25, 0.3) is 11.8 Å². The van der Waals surface area contributed by atoms with Crippen LogP contribution in [0, 0.1) is 0 Å². The molecule has 0 radical (unpaired) electrons. The number of carbonyl (C=O) groups excluding carboxylic acids is 4. The van der Waals surface area contributed by atoms with Gasteiger partial charge in [-0.2, -0.15) is 0 Å². The Morgan fingerprint density at radius 3 is 1.33 bits per heavy atom. The fraction of sp³-hybridized carbons (Fsp3) is 0.806. The van der Waals surface area contributed by atoms with Crippen molar-refractivity contribution < 1.29 is 57.1 Å². The molecule has 0 spiro atoms. The average Bonchev–Trinajstić information content (AvgIpc) is 3.37. The number of nitrogens with zero attached hydrogens (tertiary/aromatic N) is 1. The lowest BCUT2D eigenvalue weighted by molar-refractivity contribution is -0.137. The summed E-state index contributed by atoms with van der Waals surface area (Å²) in [4.78, 5) is 47.3. The van der Waals surface area contributed by atoms with Gasteiger partial charge >= 0.3 is 0 Å². The Hall–Kier alpha value is -2.50. The smallest absolute Gasteiger partial charge is 0.253 e. The van der Waals surface area contributed by atoms with Crippen LogP contribution >= 0.6 is 0 Å². The highest BCUT2D eigenvalue weighted by molar-refractivity contribution is 6.13. The lowest BCUT2D eigenvalue weighted by Crippen LogP contribution is -2.35. The van der Waals surface area contributed by atoms with Crippen LogP contribution in [0.25, 0.3) is 0 Å². The lowest BCUT2D eigenvalue weighted by atomic mass is 10.2. The predicted molar refractivity (Wildman–Crippen MR) is 167 cm³/mol. The van der Waals surface area contributed by atoms with Gasteiger partial charge in [-0.25, -0.2) is 0 Å². The number of amides is 4. The maximum Gasteiger partial charge on any atom is 0.253 e. The first-order valence-electron chi connectivity index (χ1n) is 16.2. The highest BCUT2D eigenvalue weighted by Crippen LogP contribution is 2.04. The molecular formula is C31H55N3O12. The summed E-state index contributed by atoms with van der Waals surface area (Å²) in [5.74, 6) is -1.02. The summed E-state index contributed by atoms with van der Waals surface area (Å²) >= 11 is 0. The van der Waals surface area contributed by atoms with Crippen LogP contribution in [0.15, 0.2) is 12.2 Å². The Labute approximate surface area is 272 Å². The highest BCUT2D eigenvalue weighted by atomic mass is 16.6. The number of rotatable bonds is 34. The van der Waals surface area contributed by atoms with E-state index < -0.39 is 11.8 Å². The average molecular weight is 662 g/mol. The maximum atomic E-state index is 11.8. The minimum atomic E-state index is -0.397. The monoisotopic (exact) mass is 661 g/mol. The standard InChI is InChI=1S/C31H55N3O12/c1-2-3-4-9-32-29(36)8-12-39-14-16-41-18-20-43-22-24-45-26-27-46-25-23-44-21-19-42-17-15-40-13-10-33-28(35)7-11-34-30(37)5-6-31(34)38/h5-6H,2-4,7-27H2,1H3,(H,32,36)(H,33,35). The van der Waals surface area contributed by atoms with Crippen molar-refractivity contribution in [2.75, 3.05) is 125 Å². The third-order valence-corrected chi connectivity index (χ3v) is 6.21. The first-order valence-corrected chi connectivity index (χ1v) is 16.2. The molecule has 0 aliphatic carbocycles. The quantitative estimate of drug-likeness (QED) is 0.0713. The van der Waals surface area contributed by atoms with Crippen molar-refractivity contribution in [3.05, 3.63) is 12.2 Å². The minimum Gasteiger partial charge on any atom is -0.379 e. The van der Waals surface area contributed by atoms with E-state index in [2.05, 4.69) is 17.6 Å². The van der Waals surface area contributed by atoms with E-state index in [-0.39, 0.29) is 24.8 Å². The van der Waals surface area contributed by atoms with Gasteiger partial charge in [0.2, 0.25) is 11.8 Å². The molecule has 266 valence electrons. The van der Waals surface area contributed by atoms with E-state index in [1.165, 1.54) is 12.2 Å². The molecule has 0 fully saturated rings. The number of carbonyl (C=O) groups is 4. The van der Waals surface area contributed by atoms with Crippen LogP contribution in [0.2, 0.25) is 0 Å². The topological polar surface area (TPSA) is 169 Å². The zero-order chi connectivity index (χ0) is 33.3. The molecule has 0 bridgehead atoms.